The number of nitro benzene ring substituents is 1. The number of nitrogens with zero attached hydrogens (tertiary/aromatic N) is 4. The zero-order chi connectivity index (χ0) is 19.3. The quantitative estimate of drug-likeness (QED) is 0.351. The summed E-state index contributed by atoms with van der Waals surface area (Å²) in [6.07, 6.45) is 9.26. The minimum Gasteiger partial charge on any atom is -0.463 e. The lowest BCUT2D eigenvalue weighted by Crippen LogP contribution is -2.18. The van der Waals surface area contributed by atoms with Crippen molar-refractivity contribution in [2.45, 2.75) is 38.1 Å². The molecule has 1 saturated carbocycles. The Hall–Kier alpha value is -3.00. The van der Waals surface area contributed by atoms with Crippen LogP contribution in [0.4, 0.5) is 5.69 Å². The van der Waals surface area contributed by atoms with Gasteiger partial charge in [0.1, 0.15) is 5.69 Å². The molecule has 0 N–H and O–H groups in total. The van der Waals surface area contributed by atoms with Gasteiger partial charge in [-0.05, 0) is 42.7 Å². The van der Waals surface area contributed by atoms with Gasteiger partial charge >= 0.3 is 0 Å². The van der Waals surface area contributed by atoms with Crippen LogP contribution in [0.15, 0.2) is 62.6 Å². The van der Waals surface area contributed by atoms with Gasteiger partial charge in [0.25, 0.3) is 5.69 Å². The van der Waals surface area contributed by atoms with E-state index in [1.54, 1.807) is 40.6 Å². The second-order valence-electron chi connectivity index (χ2n) is 6.71. The van der Waals surface area contributed by atoms with Crippen molar-refractivity contribution in [3.8, 4) is 11.5 Å². The largest absolute Gasteiger partial charge is 0.463 e. The van der Waals surface area contributed by atoms with E-state index in [1.807, 2.05) is 17.5 Å². The minimum atomic E-state index is -0.412. The SMILES string of the molecule is O=[N+]([O-])c1ccc(C=Nn2c(-c3ccco3)csc2=NC2CCCCC2)cc1. The van der Waals surface area contributed by atoms with E-state index in [-0.39, 0.29) is 5.69 Å². The van der Waals surface area contributed by atoms with Crippen LogP contribution >= 0.6 is 11.3 Å². The molecule has 144 valence electrons. The first kappa shape index (κ1) is 18.4. The molecule has 0 saturated heterocycles. The number of nitro groups is 1. The second kappa shape index (κ2) is 8.35. The summed E-state index contributed by atoms with van der Waals surface area (Å²) in [5.41, 5.74) is 1.67. The van der Waals surface area contributed by atoms with Crippen LogP contribution in [-0.2, 0) is 0 Å². The van der Waals surface area contributed by atoms with Gasteiger partial charge in [0.05, 0.1) is 23.4 Å². The molecule has 0 bridgehead atoms. The van der Waals surface area contributed by atoms with E-state index in [0.29, 0.717) is 6.04 Å². The number of furan rings is 1. The highest BCUT2D eigenvalue weighted by Gasteiger charge is 2.14. The van der Waals surface area contributed by atoms with Crippen molar-refractivity contribution in [2.75, 3.05) is 0 Å². The lowest BCUT2D eigenvalue weighted by atomic mass is 9.96. The predicted octanol–water partition coefficient (Wildman–Crippen LogP) is 4.83. The molecule has 0 amide bonds. The summed E-state index contributed by atoms with van der Waals surface area (Å²) in [5.74, 6) is 0.724. The first-order valence-corrected chi connectivity index (χ1v) is 10.2. The summed E-state index contributed by atoms with van der Waals surface area (Å²) in [4.78, 5) is 16.2. The number of non-ortho nitro benzene ring substituents is 1. The van der Waals surface area contributed by atoms with Gasteiger partial charge in [0, 0.05) is 17.5 Å². The van der Waals surface area contributed by atoms with Crippen LogP contribution in [0, 0.1) is 10.1 Å². The van der Waals surface area contributed by atoms with E-state index >= 15 is 0 Å². The summed E-state index contributed by atoms with van der Waals surface area (Å²) >= 11 is 1.54. The van der Waals surface area contributed by atoms with E-state index in [0.717, 1.165) is 34.7 Å². The standard InChI is InChI=1S/C20H20N4O3S/c25-24(26)17-10-8-15(9-11-17)13-21-23-18(19-7-4-12-27-19)14-28-20(23)22-16-5-2-1-3-6-16/h4,7-14,16H,1-3,5-6H2. The molecule has 1 fully saturated rings. The second-order valence-corrected chi connectivity index (χ2v) is 7.54. The summed E-state index contributed by atoms with van der Waals surface area (Å²) in [7, 11) is 0. The number of rotatable bonds is 5. The van der Waals surface area contributed by atoms with Crippen LogP contribution in [0.5, 0.6) is 0 Å². The van der Waals surface area contributed by atoms with E-state index in [1.165, 1.54) is 31.4 Å². The fraction of sp³-hybridized carbons (Fsp3) is 0.300. The maximum Gasteiger partial charge on any atom is 0.269 e. The lowest BCUT2D eigenvalue weighted by molar-refractivity contribution is -0.384. The van der Waals surface area contributed by atoms with Crippen LogP contribution in [-0.4, -0.2) is 21.9 Å². The van der Waals surface area contributed by atoms with Crippen LogP contribution in [0.1, 0.15) is 37.7 Å². The molecule has 0 atom stereocenters. The molecule has 0 spiro atoms. The molecule has 0 unspecified atom stereocenters. The molecule has 1 aliphatic carbocycles. The first-order chi connectivity index (χ1) is 13.7. The zero-order valence-corrected chi connectivity index (χ0v) is 16.0. The number of hydrogen-bond acceptors (Lipinski definition) is 6. The van der Waals surface area contributed by atoms with Crippen molar-refractivity contribution < 1.29 is 9.34 Å². The molecule has 8 heteroatoms. The topological polar surface area (TPSA) is 85.9 Å². The van der Waals surface area contributed by atoms with Gasteiger partial charge in [0.15, 0.2) is 5.76 Å². The third kappa shape index (κ3) is 4.12. The lowest BCUT2D eigenvalue weighted by Gasteiger charge is -2.16. The Bertz CT molecular complexity index is 1030. The third-order valence-corrected chi connectivity index (χ3v) is 5.58. The van der Waals surface area contributed by atoms with Crippen molar-refractivity contribution in [1.29, 1.82) is 0 Å². The van der Waals surface area contributed by atoms with Crippen LogP contribution in [0.3, 0.4) is 0 Å². The average Bonchev–Trinajstić information content (AvgIpc) is 3.37. The molecule has 3 aromatic rings. The maximum absolute atomic E-state index is 10.8. The van der Waals surface area contributed by atoms with E-state index in [2.05, 4.69) is 5.10 Å². The monoisotopic (exact) mass is 396 g/mol. The highest BCUT2D eigenvalue weighted by molar-refractivity contribution is 7.07. The molecule has 1 aliphatic rings. The molecule has 1 aromatic carbocycles. The summed E-state index contributed by atoms with van der Waals surface area (Å²) in [6, 6.07) is 10.4. The number of thiazole rings is 1. The van der Waals surface area contributed by atoms with Crippen LogP contribution in [0.25, 0.3) is 11.5 Å². The van der Waals surface area contributed by atoms with Crippen molar-refractivity contribution >= 4 is 23.2 Å². The zero-order valence-electron chi connectivity index (χ0n) is 15.2. The molecule has 0 aliphatic heterocycles. The van der Waals surface area contributed by atoms with Crippen molar-refractivity contribution in [2.24, 2.45) is 10.1 Å². The Morgan fingerprint density at radius 3 is 2.64 bits per heavy atom. The molecule has 4 rings (SSSR count). The number of benzene rings is 1. The fourth-order valence-corrected chi connectivity index (χ4v) is 4.16. The predicted molar refractivity (Wildman–Crippen MR) is 109 cm³/mol. The first-order valence-electron chi connectivity index (χ1n) is 9.28. The molecule has 28 heavy (non-hydrogen) atoms. The third-order valence-electron chi connectivity index (χ3n) is 4.75. The van der Waals surface area contributed by atoms with Gasteiger partial charge in [-0.2, -0.15) is 5.10 Å². The molecular weight excluding hydrogens is 376 g/mol. The van der Waals surface area contributed by atoms with Gasteiger partial charge in [-0.3, -0.25) is 15.1 Å². The average molecular weight is 396 g/mol. The Balaban J connectivity index is 1.69. The van der Waals surface area contributed by atoms with Gasteiger partial charge < -0.3 is 4.42 Å². The highest BCUT2D eigenvalue weighted by atomic mass is 32.1. The van der Waals surface area contributed by atoms with Crippen LogP contribution < -0.4 is 4.80 Å². The Morgan fingerprint density at radius 2 is 1.96 bits per heavy atom. The van der Waals surface area contributed by atoms with Crippen LogP contribution in [0.2, 0.25) is 0 Å². The maximum atomic E-state index is 10.8. The van der Waals surface area contributed by atoms with Gasteiger partial charge in [-0.1, -0.05) is 19.3 Å². The van der Waals surface area contributed by atoms with Gasteiger partial charge in [0.2, 0.25) is 4.80 Å². The minimum absolute atomic E-state index is 0.0598. The van der Waals surface area contributed by atoms with Gasteiger partial charge in [-0.25, -0.2) is 4.68 Å². The molecular formula is C20H20N4O3S. The van der Waals surface area contributed by atoms with E-state index in [4.69, 9.17) is 9.41 Å². The summed E-state index contributed by atoms with van der Waals surface area (Å²) < 4.78 is 7.34. The van der Waals surface area contributed by atoms with E-state index in [9.17, 15) is 10.1 Å². The number of hydrogen-bond donors (Lipinski definition) is 0. The normalized spacial score (nSPS) is 16.1. The van der Waals surface area contributed by atoms with Crippen molar-refractivity contribution in [1.82, 2.24) is 4.68 Å². The summed E-state index contributed by atoms with van der Waals surface area (Å²) in [5, 5.41) is 17.4. The Labute approximate surface area is 165 Å². The molecule has 0 radical (unpaired) electrons. The van der Waals surface area contributed by atoms with Crippen molar-refractivity contribution in [3.05, 3.63) is 68.5 Å². The fourth-order valence-electron chi connectivity index (χ4n) is 3.27. The summed E-state index contributed by atoms with van der Waals surface area (Å²) in [6.45, 7) is 0. The highest BCUT2D eigenvalue weighted by Crippen LogP contribution is 2.23. The number of aromatic nitrogens is 1. The molecule has 7 nitrogen and oxygen atoms in total. The smallest absolute Gasteiger partial charge is 0.269 e. The van der Waals surface area contributed by atoms with Gasteiger partial charge in [-0.15, -0.1) is 11.3 Å². The van der Waals surface area contributed by atoms with Crippen molar-refractivity contribution in [3.63, 3.8) is 0 Å². The Kier molecular flexibility index (Phi) is 5.48. The molecule has 2 heterocycles. The molecule has 2 aromatic heterocycles. The van der Waals surface area contributed by atoms with E-state index < -0.39 is 4.92 Å². The Morgan fingerprint density at radius 1 is 1.18 bits per heavy atom.